The third kappa shape index (κ3) is 6.10. The minimum absolute atomic E-state index is 0.125. The molecule has 25 heavy (non-hydrogen) atoms. The van der Waals surface area contributed by atoms with E-state index in [-0.39, 0.29) is 25.2 Å². The number of nitrogens with one attached hydrogen (secondary N) is 2. The van der Waals surface area contributed by atoms with E-state index < -0.39 is 11.9 Å². The zero-order chi connectivity index (χ0) is 18.2. The summed E-state index contributed by atoms with van der Waals surface area (Å²) in [5, 5.41) is 15.8. The molecule has 2 aromatic rings. The zero-order valence-electron chi connectivity index (χ0n) is 13.9. The number of amides is 2. The standard InChI is InChI=1S/C19H20N2O4/c1-13-11-15(20-17(22)9-10-19(24)25)7-8-16(13)21-18(23)12-14-5-3-2-4-6-14/h2-8,11H,9-10,12H2,1H3,(H,20,22)(H,21,23)(H,24,25)/p-1. The van der Waals surface area contributed by atoms with Crippen molar-refractivity contribution in [1.82, 2.24) is 0 Å². The van der Waals surface area contributed by atoms with E-state index in [1.807, 2.05) is 37.3 Å². The molecule has 6 heteroatoms. The van der Waals surface area contributed by atoms with Gasteiger partial charge in [0.1, 0.15) is 0 Å². The van der Waals surface area contributed by atoms with Crippen LogP contribution in [0.4, 0.5) is 11.4 Å². The molecule has 2 rings (SSSR count). The van der Waals surface area contributed by atoms with Crippen molar-refractivity contribution < 1.29 is 19.5 Å². The lowest BCUT2D eigenvalue weighted by molar-refractivity contribution is -0.305. The van der Waals surface area contributed by atoms with Gasteiger partial charge in [-0.05, 0) is 42.7 Å². The molecular formula is C19H19N2O4-. The predicted octanol–water partition coefficient (Wildman–Crippen LogP) is 1.64. The van der Waals surface area contributed by atoms with Crippen molar-refractivity contribution in [3.05, 3.63) is 59.7 Å². The molecular weight excluding hydrogens is 320 g/mol. The van der Waals surface area contributed by atoms with Gasteiger partial charge in [-0.3, -0.25) is 9.59 Å². The van der Waals surface area contributed by atoms with Gasteiger partial charge in [-0.2, -0.15) is 0 Å². The van der Waals surface area contributed by atoms with Crippen LogP contribution in [0.2, 0.25) is 0 Å². The minimum atomic E-state index is -1.26. The fourth-order valence-electron chi connectivity index (χ4n) is 2.30. The van der Waals surface area contributed by atoms with E-state index >= 15 is 0 Å². The van der Waals surface area contributed by atoms with Crippen molar-refractivity contribution in [1.29, 1.82) is 0 Å². The predicted molar refractivity (Wildman–Crippen MR) is 92.8 cm³/mol. The molecule has 0 aliphatic rings. The summed E-state index contributed by atoms with van der Waals surface area (Å²) in [5.74, 6) is -1.78. The lowest BCUT2D eigenvalue weighted by Crippen LogP contribution is -2.24. The van der Waals surface area contributed by atoms with Crippen LogP contribution in [0.5, 0.6) is 0 Å². The van der Waals surface area contributed by atoms with Gasteiger partial charge in [0.15, 0.2) is 0 Å². The molecule has 0 saturated carbocycles. The van der Waals surface area contributed by atoms with Gasteiger partial charge in [-0.15, -0.1) is 0 Å². The quantitative estimate of drug-likeness (QED) is 0.801. The Morgan fingerprint density at radius 2 is 1.64 bits per heavy atom. The van der Waals surface area contributed by atoms with Crippen molar-refractivity contribution >= 4 is 29.2 Å². The molecule has 0 heterocycles. The summed E-state index contributed by atoms with van der Waals surface area (Å²) >= 11 is 0. The van der Waals surface area contributed by atoms with Gasteiger partial charge in [-0.25, -0.2) is 0 Å². The average Bonchev–Trinajstić information content (AvgIpc) is 2.56. The van der Waals surface area contributed by atoms with Crippen LogP contribution >= 0.6 is 0 Å². The molecule has 0 aromatic heterocycles. The van der Waals surface area contributed by atoms with Gasteiger partial charge in [0, 0.05) is 23.8 Å². The number of aryl methyl sites for hydroxylation is 1. The second kappa shape index (κ2) is 8.63. The van der Waals surface area contributed by atoms with Gasteiger partial charge in [0.05, 0.1) is 6.42 Å². The smallest absolute Gasteiger partial charge is 0.228 e. The molecule has 0 bridgehead atoms. The first kappa shape index (κ1) is 18.2. The summed E-state index contributed by atoms with van der Waals surface area (Å²) < 4.78 is 0. The molecule has 2 amide bonds. The number of carbonyl (C=O) groups is 3. The maximum Gasteiger partial charge on any atom is 0.228 e. The normalized spacial score (nSPS) is 10.1. The Morgan fingerprint density at radius 1 is 0.920 bits per heavy atom. The summed E-state index contributed by atoms with van der Waals surface area (Å²) in [6.07, 6.45) is -0.183. The monoisotopic (exact) mass is 339 g/mol. The first-order chi connectivity index (χ1) is 11.9. The van der Waals surface area contributed by atoms with Crippen LogP contribution in [0.25, 0.3) is 0 Å². The molecule has 6 nitrogen and oxygen atoms in total. The Balaban J connectivity index is 1.93. The Labute approximate surface area is 145 Å². The Bertz CT molecular complexity index is 772. The van der Waals surface area contributed by atoms with E-state index in [0.717, 1.165) is 11.1 Å². The van der Waals surface area contributed by atoms with E-state index in [1.165, 1.54) is 0 Å². The SMILES string of the molecule is Cc1cc(NC(=O)CCC(=O)[O-])ccc1NC(=O)Cc1ccccc1. The lowest BCUT2D eigenvalue weighted by Gasteiger charge is -2.11. The first-order valence-corrected chi connectivity index (χ1v) is 7.88. The molecule has 0 fully saturated rings. The van der Waals surface area contributed by atoms with Gasteiger partial charge in [0.25, 0.3) is 0 Å². The molecule has 0 unspecified atom stereocenters. The average molecular weight is 339 g/mol. The largest absolute Gasteiger partial charge is 0.550 e. The van der Waals surface area contributed by atoms with Gasteiger partial charge in [0.2, 0.25) is 11.8 Å². The Kier molecular flexibility index (Phi) is 6.28. The summed E-state index contributed by atoms with van der Waals surface area (Å²) in [6.45, 7) is 1.81. The van der Waals surface area contributed by atoms with Gasteiger partial charge in [-0.1, -0.05) is 30.3 Å². The van der Waals surface area contributed by atoms with E-state index in [4.69, 9.17) is 0 Å². The van der Waals surface area contributed by atoms with Crippen LogP contribution in [-0.2, 0) is 20.8 Å². The number of anilines is 2. The van der Waals surface area contributed by atoms with E-state index in [2.05, 4.69) is 10.6 Å². The number of carboxylic acids is 1. The van der Waals surface area contributed by atoms with Crippen molar-refractivity contribution in [3.8, 4) is 0 Å². The highest BCUT2D eigenvalue weighted by Gasteiger charge is 2.08. The number of hydrogen-bond donors (Lipinski definition) is 2. The third-order valence-electron chi connectivity index (χ3n) is 3.55. The van der Waals surface area contributed by atoms with Crippen LogP contribution in [0.3, 0.4) is 0 Å². The van der Waals surface area contributed by atoms with Crippen LogP contribution < -0.4 is 15.7 Å². The minimum Gasteiger partial charge on any atom is -0.550 e. The first-order valence-electron chi connectivity index (χ1n) is 7.88. The zero-order valence-corrected chi connectivity index (χ0v) is 13.9. The molecule has 0 spiro atoms. The van der Waals surface area contributed by atoms with Gasteiger partial charge >= 0.3 is 0 Å². The number of aliphatic carboxylic acids is 1. The maximum absolute atomic E-state index is 12.1. The topological polar surface area (TPSA) is 98.3 Å². The number of rotatable bonds is 7. The van der Waals surface area contributed by atoms with E-state index in [1.54, 1.807) is 18.2 Å². The third-order valence-corrected chi connectivity index (χ3v) is 3.55. The number of benzene rings is 2. The van der Waals surface area contributed by atoms with Gasteiger partial charge < -0.3 is 20.5 Å². The molecule has 0 saturated heterocycles. The van der Waals surface area contributed by atoms with E-state index in [9.17, 15) is 19.5 Å². The fourth-order valence-corrected chi connectivity index (χ4v) is 2.30. The number of carbonyl (C=O) groups excluding carboxylic acids is 3. The summed E-state index contributed by atoms with van der Waals surface area (Å²) in [4.78, 5) is 34.1. The van der Waals surface area contributed by atoms with Crippen molar-refractivity contribution in [2.75, 3.05) is 10.6 Å². The number of carboxylic acid groups (broad SMARTS) is 1. The van der Waals surface area contributed by atoms with Crippen LogP contribution in [0.1, 0.15) is 24.0 Å². The van der Waals surface area contributed by atoms with Crippen LogP contribution in [0.15, 0.2) is 48.5 Å². The molecule has 0 atom stereocenters. The van der Waals surface area contributed by atoms with Crippen LogP contribution in [0, 0.1) is 6.92 Å². The number of hydrogen-bond acceptors (Lipinski definition) is 4. The highest BCUT2D eigenvalue weighted by Crippen LogP contribution is 2.20. The lowest BCUT2D eigenvalue weighted by atomic mass is 10.1. The Hall–Kier alpha value is -3.15. The second-order valence-electron chi connectivity index (χ2n) is 5.66. The Morgan fingerprint density at radius 3 is 2.28 bits per heavy atom. The van der Waals surface area contributed by atoms with E-state index in [0.29, 0.717) is 11.4 Å². The molecule has 0 aliphatic heterocycles. The molecule has 0 aliphatic carbocycles. The second-order valence-corrected chi connectivity index (χ2v) is 5.66. The highest BCUT2D eigenvalue weighted by atomic mass is 16.4. The summed E-state index contributed by atoms with van der Waals surface area (Å²) in [7, 11) is 0. The van der Waals surface area contributed by atoms with Crippen LogP contribution in [-0.4, -0.2) is 17.8 Å². The maximum atomic E-state index is 12.1. The van der Waals surface area contributed by atoms with Crippen molar-refractivity contribution in [2.24, 2.45) is 0 Å². The molecule has 0 radical (unpaired) electrons. The summed E-state index contributed by atoms with van der Waals surface area (Å²) in [6, 6.07) is 14.5. The highest BCUT2D eigenvalue weighted by molar-refractivity contribution is 5.95. The molecule has 2 N–H and O–H groups in total. The van der Waals surface area contributed by atoms with Crippen molar-refractivity contribution in [3.63, 3.8) is 0 Å². The molecule has 2 aromatic carbocycles. The summed E-state index contributed by atoms with van der Waals surface area (Å²) in [5.41, 5.74) is 2.92. The molecule has 130 valence electrons. The fraction of sp³-hybridized carbons (Fsp3) is 0.211. The van der Waals surface area contributed by atoms with Crippen molar-refractivity contribution in [2.45, 2.75) is 26.2 Å².